The van der Waals surface area contributed by atoms with Crippen molar-refractivity contribution in [2.45, 2.75) is 49.7 Å². The summed E-state index contributed by atoms with van der Waals surface area (Å²) < 4.78 is 6.91. The predicted molar refractivity (Wildman–Crippen MR) is 137 cm³/mol. The van der Waals surface area contributed by atoms with E-state index in [0.29, 0.717) is 24.0 Å². The maximum absolute atomic E-state index is 6.91. The summed E-state index contributed by atoms with van der Waals surface area (Å²) >= 11 is 0. The third-order valence-corrected chi connectivity index (χ3v) is 8.49. The van der Waals surface area contributed by atoms with Gasteiger partial charge in [-0.25, -0.2) is 0 Å². The van der Waals surface area contributed by atoms with Crippen molar-refractivity contribution in [3.8, 4) is 0 Å². The van der Waals surface area contributed by atoms with Crippen molar-refractivity contribution in [3.05, 3.63) is 106 Å². The lowest BCUT2D eigenvalue weighted by atomic mass is 9.74. The highest BCUT2D eigenvalue weighted by atomic mass is 16.5. The number of ether oxygens (including phenoxy) is 1. The van der Waals surface area contributed by atoms with Crippen molar-refractivity contribution >= 4 is 33.7 Å². The molecule has 0 bridgehead atoms. The Morgan fingerprint density at radius 1 is 0.576 bits per heavy atom. The highest BCUT2D eigenvalue weighted by molar-refractivity contribution is 5.97. The van der Waals surface area contributed by atoms with E-state index in [4.69, 9.17) is 4.74 Å². The lowest BCUT2D eigenvalue weighted by molar-refractivity contribution is -0.0281. The molecule has 0 N–H and O–H groups in total. The van der Waals surface area contributed by atoms with Crippen LogP contribution in [0.5, 0.6) is 0 Å². The lowest BCUT2D eigenvalue weighted by Gasteiger charge is -2.38. The van der Waals surface area contributed by atoms with Crippen molar-refractivity contribution in [1.82, 2.24) is 0 Å². The third-order valence-electron chi connectivity index (χ3n) is 8.49. The molecule has 4 atom stereocenters. The Hall–Kier alpha value is -3.16. The van der Waals surface area contributed by atoms with Crippen molar-refractivity contribution in [2.24, 2.45) is 0 Å². The molecule has 4 aromatic carbocycles. The van der Waals surface area contributed by atoms with E-state index >= 15 is 0 Å². The van der Waals surface area contributed by atoms with Crippen LogP contribution in [0.15, 0.2) is 72.8 Å². The minimum absolute atomic E-state index is 0.296. The van der Waals surface area contributed by atoms with Gasteiger partial charge < -0.3 is 4.74 Å². The highest BCUT2D eigenvalue weighted by Crippen LogP contribution is 2.46. The monoisotopic (exact) mass is 426 g/mol. The zero-order chi connectivity index (χ0) is 21.5. The molecule has 1 heteroatoms. The summed E-state index contributed by atoms with van der Waals surface area (Å²) in [6.45, 7) is 0. The van der Waals surface area contributed by atoms with E-state index in [1.165, 1.54) is 43.8 Å². The second-order valence-electron chi connectivity index (χ2n) is 10.4. The molecule has 0 spiro atoms. The van der Waals surface area contributed by atoms with Crippen LogP contribution in [-0.2, 0) is 17.6 Å². The summed E-state index contributed by atoms with van der Waals surface area (Å²) in [7, 11) is 0. The van der Waals surface area contributed by atoms with Crippen LogP contribution in [0.3, 0.4) is 0 Å². The minimum atomic E-state index is 0.296. The Morgan fingerprint density at radius 2 is 1.09 bits per heavy atom. The second-order valence-corrected chi connectivity index (χ2v) is 10.4. The van der Waals surface area contributed by atoms with Gasteiger partial charge in [0.25, 0.3) is 0 Å². The molecule has 160 valence electrons. The fourth-order valence-electron chi connectivity index (χ4n) is 7.17. The molecule has 4 aliphatic carbocycles. The van der Waals surface area contributed by atoms with Gasteiger partial charge in [-0.15, -0.1) is 0 Å². The van der Waals surface area contributed by atoms with E-state index in [2.05, 4.69) is 85.0 Å². The standard InChI is InChI=1S/C32H26O/c1-3-19-7-11-23-15-27(16-24-12-8-20(4-1)29(19)31(23)24)33-28-17-25-13-9-21-5-2-6-22-10-14-26(18-28)32(25)30(21)22/h1-14,23,25,27-28H,15-18H2. The Bertz CT molecular complexity index is 1410. The smallest absolute Gasteiger partial charge is 0.0628 e. The van der Waals surface area contributed by atoms with Crippen molar-refractivity contribution in [1.29, 1.82) is 0 Å². The van der Waals surface area contributed by atoms with Gasteiger partial charge in [0.15, 0.2) is 0 Å². The molecule has 1 nitrogen and oxygen atoms in total. The molecular formula is C32H26O. The van der Waals surface area contributed by atoms with E-state index in [0.717, 1.165) is 25.7 Å². The van der Waals surface area contributed by atoms with Crippen LogP contribution in [0, 0.1) is 0 Å². The molecule has 8 rings (SSSR count). The maximum atomic E-state index is 6.91. The van der Waals surface area contributed by atoms with E-state index < -0.39 is 0 Å². The van der Waals surface area contributed by atoms with Gasteiger partial charge in [0.05, 0.1) is 12.2 Å². The van der Waals surface area contributed by atoms with Crippen molar-refractivity contribution in [2.75, 3.05) is 0 Å². The summed E-state index contributed by atoms with van der Waals surface area (Å²) in [5.41, 5.74) is 8.86. The Morgan fingerprint density at radius 3 is 1.61 bits per heavy atom. The zero-order valence-corrected chi connectivity index (χ0v) is 18.6. The first-order valence-corrected chi connectivity index (χ1v) is 12.4. The average Bonchev–Trinajstić information content (AvgIpc) is 2.85. The van der Waals surface area contributed by atoms with Crippen LogP contribution in [0.25, 0.3) is 33.7 Å². The first-order chi connectivity index (χ1) is 16.3. The fourth-order valence-corrected chi connectivity index (χ4v) is 7.17. The second kappa shape index (κ2) is 6.68. The molecule has 0 saturated carbocycles. The summed E-state index contributed by atoms with van der Waals surface area (Å²) in [6, 6.07) is 22.7. The van der Waals surface area contributed by atoms with Crippen molar-refractivity contribution in [3.63, 3.8) is 0 Å². The third kappa shape index (κ3) is 2.63. The molecule has 0 saturated heterocycles. The highest BCUT2D eigenvalue weighted by Gasteiger charge is 2.35. The molecule has 4 unspecified atom stereocenters. The molecule has 0 heterocycles. The van der Waals surface area contributed by atoms with E-state index in [1.54, 1.807) is 11.1 Å². The molecule has 0 aliphatic heterocycles. The van der Waals surface area contributed by atoms with E-state index in [-0.39, 0.29) is 0 Å². The van der Waals surface area contributed by atoms with Gasteiger partial charge in [-0.3, -0.25) is 0 Å². The molecular weight excluding hydrogens is 400 g/mol. The first-order valence-electron chi connectivity index (χ1n) is 12.4. The van der Waals surface area contributed by atoms with Crippen LogP contribution < -0.4 is 0 Å². The molecule has 0 amide bonds. The molecule has 4 aliphatic rings. The van der Waals surface area contributed by atoms with Crippen LogP contribution in [0.2, 0.25) is 0 Å². The number of hydrogen-bond donors (Lipinski definition) is 0. The number of allylic oxidation sites excluding steroid dienone is 2. The van der Waals surface area contributed by atoms with Gasteiger partial charge in [0, 0.05) is 11.8 Å². The molecule has 33 heavy (non-hydrogen) atoms. The van der Waals surface area contributed by atoms with Gasteiger partial charge in [-0.2, -0.15) is 0 Å². The summed E-state index contributed by atoms with van der Waals surface area (Å²) in [5, 5.41) is 5.70. The van der Waals surface area contributed by atoms with Crippen LogP contribution >= 0.6 is 0 Å². The SMILES string of the molecule is C1=CC2CC(OC3Cc4ccc5cccc6c5c4C(C=C6)C3)Cc3ccc4cccc1c4c32. The van der Waals surface area contributed by atoms with E-state index in [9.17, 15) is 0 Å². The van der Waals surface area contributed by atoms with Crippen LogP contribution in [-0.4, -0.2) is 12.2 Å². The van der Waals surface area contributed by atoms with Crippen LogP contribution in [0.1, 0.15) is 58.1 Å². The first kappa shape index (κ1) is 18.3. The molecule has 0 radical (unpaired) electrons. The van der Waals surface area contributed by atoms with Gasteiger partial charge in [-0.1, -0.05) is 85.0 Å². The molecule has 0 aromatic heterocycles. The van der Waals surface area contributed by atoms with Crippen LogP contribution in [0.4, 0.5) is 0 Å². The van der Waals surface area contributed by atoms with Gasteiger partial charge in [-0.05, 0) is 80.6 Å². The number of benzene rings is 4. The number of rotatable bonds is 2. The molecule has 4 aromatic rings. The van der Waals surface area contributed by atoms with Crippen molar-refractivity contribution < 1.29 is 4.74 Å². The Balaban J connectivity index is 1.12. The Labute approximate surface area is 194 Å². The number of hydrogen-bond acceptors (Lipinski definition) is 1. The topological polar surface area (TPSA) is 9.23 Å². The van der Waals surface area contributed by atoms with Gasteiger partial charge >= 0.3 is 0 Å². The van der Waals surface area contributed by atoms with Gasteiger partial charge in [0.2, 0.25) is 0 Å². The summed E-state index contributed by atoms with van der Waals surface area (Å²) in [5.74, 6) is 0.962. The predicted octanol–water partition coefficient (Wildman–Crippen LogP) is 7.56. The summed E-state index contributed by atoms with van der Waals surface area (Å²) in [4.78, 5) is 0. The quantitative estimate of drug-likeness (QED) is 0.321. The van der Waals surface area contributed by atoms with E-state index in [1.807, 2.05) is 0 Å². The zero-order valence-electron chi connectivity index (χ0n) is 18.6. The largest absolute Gasteiger partial charge is 0.374 e. The average molecular weight is 427 g/mol. The Kier molecular flexibility index (Phi) is 3.70. The minimum Gasteiger partial charge on any atom is -0.374 e. The molecule has 0 fully saturated rings. The fraction of sp³-hybridized carbons (Fsp3) is 0.250. The lowest BCUT2D eigenvalue weighted by Crippen LogP contribution is -2.34. The van der Waals surface area contributed by atoms with Gasteiger partial charge in [0.1, 0.15) is 0 Å². The summed E-state index contributed by atoms with van der Waals surface area (Å²) in [6.07, 6.45) is 14.4. The maximum Gasteiger partial charge on any atom is 0.0628 e. The normalized spacial score (nSPS) is 26.2.